The number of rotatable bonds is 6. The van der Waals surface area contributed by atoms with Gasteiger partial charge in [0.15, 0.2) is 0 Å². The van der Waals surface area contributed by atoms with Gasteiger partial charge in [0, 0.05) is 22.9 Å². The molecule has 2 heterocycles. The normalized spacial score (nSPS) is 12.6. The summed E-state index contributed by atoms with van der Waals surface area (Å²) in [4.78, 5) is 8.80. The number of nitrogens with one attached hydrogen (secondary N) is 1. The predicted octanol–water partition coefficient (Wildman–Crippen LogP) is 4.34. The van der Waals surface area contributed by atoms with Crippen LogP contribution in [0.1, 0.15) is 20.3 Å². The molecule has 1 N–H and O–H groups in total. The molecule has 0 aromatic carbocycles. The second-order valence-electron chi connectivity index (χ2n) is 4.41. The molecular formula is C14H18BrN3S. The van der Waals surface area contributed by atoms with Crippen molar-refractivity contribution in [1.82, 2.24) is 9.97 Å². The van der Waals surface area contributed by atoms with Gasteiger partial charge in [-0.05, 0) is 52.9 Å². The van der Waals surface area contributed by atoms with Crippen LogP contribution in [0.5, 0.6) is 0 Å². The van der Waals surface area contributed by atoms with Crippen molar-refractivity contribution in [1.29, 1.82) is 0 Å². The minimum absolute atomic E-state index is 0.440. The first-order valence-electron chi connectivity index (χ1n) is 6.45. The zero-order valence-corrected chi connectivity index (χ0v) is 13.6. The van der Waals surface area contributed by atoms with E-state index in [2.05, 4.69) is 45.1 Å². The molecule has 0 aliphatic heterocycles. The number of hydrogen-bond donors (Lipinski definition) is 1. The van der Waals surface area contributed by atoms with Crippen molar-refractivity contribution in [3.63, 3.8) is 0 Å². The predicted molar refractivity (Wildman–Crippen MR) is 87.9 cm³/mol. The van der Waals surface area contributed by atoms with E-state index in [4.69, 9.17) is 0 Å². The smallest absolute Gasteiger partial charge is 0.112 e. The third kappa shape index (κ3) is 4.08. The van der Waals surface area contributed by atoms with E-state index in [-0.39, 0.29) is 0 Å². The zero-order chi connectivity index (χ0) is 13.7. The average Bonchev–Trinajstić information content (AvgIpc) is 2.39. The molecule has 0 bridgehead atoms. The SMILES string of the molecule is CCSCCC(C)Nc1ccnc2cc(Br)cnc12. The minimum atomic E-state index is 0.440. The highest BCUT2D eigenvalue weighted by atomic mass is 79.9. The first kappa shape index (κ1) is 14.6. The number of halogens is 1. The molecule has 2 aromatic rings. The van der Waals surface area contributed by atoms with Crippen molar-refractivity contribution in [2.24, 2.45) is 0 Å². The van der Waals surface area contributed by atoms with E-state index in [0.29, 0.717) is 6.04 Å². The van der Waals surface area contributed by atoms with E-state index in [1.165, 1.54) is 11.5 Å². The van der Waals surface area contributed by atoms with Crippen molar-refractivity contribution in [3.8, 4) is 0 Å². The Kier molecular flexibility index (Phi) is 5.45. The van der Waals surface area contributed by atoms with Crippen LogP contribution in [-0.4, -0.2) is 27.5 Å². The van der Waals surface area contributed by atoms with Crippen LogP contribution in [0.25, 0.3) is 11.0 Å². The third-order valence-electron chi connectivity index (χ3n) is 2.85. The number of hydrogen-bond acceptors (Lipinski definition) is 4. The van der Waals surface area contributed by atoms with Gasteiger partial charge in [0.1, 0.15) is 5.52 Å². The molecule has 0 saturated carbocycles. The summed E-state index contributed by atoms with van der Waals surface area (Å²) >= 11 is 5.40. The molecule has 19 heavy (non-hydrogen) atoms. The molecule has 1 atom stereocenters. The molecular weight excluding hydrogens is 322 g/mol. The molecule has 0 spiro atoms. The van der Waals surface area contributed by atoms with Gasteiger partial charge in [-0.15, -0.1) is 0 Å². The highest BCUT2D eigenvalue weighted by Crippen LogP contribution is 2.23. The molecule has 0 amide bonds. The van der Waals surface area contributed by atoms with Crippen LogP contribution in [0.3, 0.4) is 0 Å². The largest absolute Gasteiger partial charge is 0.381 e. The lowest BCUT2D eigenvalue weighted by Gasteiger charge is -2.16. The highest BCUT2D eigenvalue weighted by molar-refractivity contribution is 9.10. The Labute approximate surface area is 126 Å². The Morgan fingerprint density at radius 2 is 2.26 bits per heavy atom. The summed E-state index contributed by atoms with van der Waals surface area (Å²) in [5, 5.41) is 3.53. The van der Waals surface area contributed by atoms with Crippen LogP contribution in [-0.2, 0) is 0 Å². The summed E-state index contributed by atoms with van der Waals surface area (Å²) in [5.74, 6) is 2.37. The zero-order valence-electron chi connectivity index (χ0n) is 11.2. The minimum Gasteiger partial charge on any atom is -0.381 e. The second-order valence-corrected chi connectivity index (χ2v) is 6.72. The standard InChI is InChI=1S/C14H18BrN3S/c1-3-19-7-5-10(2)18-12-4-6-16-13-8-11(15)9-17-14(12)13/h4,6,8-10H,3,5,7H2,1-2H3,(H,16,18). The molecule has 2 aromatic heterocycles. The van der Waals surface area contributed by atoms with Crippen LogP contribution in [0.4, 0.5) is 5.69 Å². The van der Waals surface area contributed by atoms with E-state index in [1.54, 1.807) is 0 Å². The topological polar surface area (TPSA) is 37.8 Å². The van der Waals surface area contributed by atoms with E-state index in [1.807, 2.05) is 36.3 Å². The lowest BCUT2D eigenvalue weighted by atomic mass is 10.2. The summed E-state index contributed by atoms with van der Waals surface area (Å²) in [6.45, 7) is 4.41. The summed E-state index contributed by atoms with van der Waals surface area (Å²) in [6, 6.07) is 4.42. The summed E-state index contributed by atoms with van der Waals surface area (Å²) in [6.07, 6.45) is 4.79. The van der Waals surface area contributed by atoms with Gasteiger partial charge in [0.05, 0.1) is 11.2 Å². The first-order valence-corrected chi connectivity index (χ1v) is 8.40. The molecule has 0 radical (unpaired) electrons. The van der Waals surface area contributed by atoms with Crippen molar-refractivity contribution < 1.29 is 0 Å². The van der Waals surface area contributed by atoms with Crippen molar-refractivity contribution in [3.05, 3.63) is 29.0 Å². The molecule has 102 valence electrons. The summed E-state index contributed by atoms with van der Waals surface area (Å²) in [7, 11) is 0. The molecule has 1 unspecified atom stereocenters. The number of thioether (sulfide) groups is 1. The lowest BCUT2D eigenvalue weighted by molar-refractivity contribution is 0.772. The maximum absolute atomic E-state index is 4.45. The van der Waals surface area contributed by atoms with Gasteiger partial charge in [-0.1, -0.05) is 6.92 Å². The molecule has 0 aliphatic rings. The maximum Gasteiger partial charge on any atom is 0.112 e. The van der Waals surface area contributed by atoms with Crippen LogP contribution in [0.15, 0.2) is 29.0 Å². The molecule has 2 rings (SSSR count). The van der Waals surface area contributed by atoms with E-state index in [9.17, 15) is 0 Å². The number of nitrogens with zero attached hydrogens (tertiary/aromatic N) is 2. The maximum atomic E-state index is 4.45. The van der Waals surface area contributed by atoms with Crippen LogP contribution in [0, 0.1) is 0 Å². The fourth-order valence-electron chi connectivity index (χ4n) is 1.86. The van der Waals surface area contributed by atoms with Gasteiger partial charge < -0.3 is 5.32 Å². The fraction of sp³-hybridized carbons (Fsp3) is 0.429. The first-order chi connectivity index (χ1) is 9.20. The summed E-state index contributed by atoms with van der Waals surface area (Å²) in [5.41, 5.74) is 2.90. The fourth-order valence-corrected chi connectivity index (χ4v) is 2.99. The number of fused-ring (bicyclic) bond motifs is 1. The van der Waals surface area contributed by atoms with Crippen molar-refractivity contribution in [2.75, 3.05) is 16.8 Å². The average molecular weight is 340 g/mol. The van der Waals surface area contributed by atoms with Crippen molar-refractivity contribution in [2.45, 2.75) is 26.3 Å². The Morgan fingerprint density at radius 3 is 3.05 bits per heavy atom. The van der Waals surface area contributed by atoms with E-state index < -0.39 is 0 Å². The Morgan fingerprint density at radius 1 is 1.42 bits per heavy atom. The quantitative estimate of drug-likeness (QED) is 0.794. The summed E-state index contributed by atoms with van der Waals surface area (Å²) < 4.78 is 0.956. The number of aromatic nitrogens is 2. The Balaban J connectivity index is 2.12. The Bertz CT molecular complexity index is 547. The van der Waals surface area contributed by atoms with Gasteiger partial charge in [-0.2, -0.15) is 11.8 Å². The molecule has 0 fully saturated rings. The molecule has 5 heteroatoms. The van der Waals surface area contributed by atoms with E-state index >= 15 is 0 Å². The van der Waals surface area contributed by atoms with Crippen LogP contribution >= 0.6 is 27.7 Å². The lowest BCUT2D eigenvalue weighted by Crippen LogP contribution is -2.16. The van der Waals surface area contributed by atoms with Gasteiger partial charge in [-0.25, -0.2) is 0 Å². The number of pyridine rings is 2. The third-order valence-corrected chi connectivity index (χ3v) is 4.21. The van der Waals surface area contributed by atoms with E-state index in [0.717, 1.165) is 27.6 Å². The molecule has 3 nitrogen and oxygen atoms in total. The van der Waals surface area contributed by atoms with Crippen LogP contribution in [0.2, 0.25) is 0 Å². The van der Waals surface area contributed by atoms with Crippen LogP contribution < -0.4 is 5.32 Å². The van der Waals surface area contributed by atoms with Gasteiger partial charge in [-0.3, -0.25) is 9.97 Å². The highest BCUT2D eigenvalue weighted by Gasteiger charge is 2.07. The monoisotopic (exact) mass is 339 g/mol. The number of anilines is 1. The van der Waals surface area contributed by atoms with Gasteiger partial charge in [0.25, 0.3) is 0 Å². The Hall–Kier alpha value is -0.810. The van der Waals surface area contributed by atoms with Crippen molar-refractivity contribution >= 4 is 44.4 Å². The van der Waals surface area contributed by atoms with Gasteiger partial charge >= 0.3 is 0 Å². The van der Waals surface area contributed by atoms with Gasteiger partial charge in [0.2, 0.25) is 0 Å². The molecule has 0 aliphatic carbocycles. The second kappa shape index (κ2) is 7.10. The molecule has 0 saturated heterocycles.